The molecule has 0 saturated carbocycles. The number of benzene rings is 1. The first kappa shape index (κ1) is 24.5. The molecule has 1 unspecified atom stereocenters. The van der Waals surface area contributed by atoms with Gasteiger partial charge in [0.15, 0.2) is 5.69 Å². The number of amides is 1. The van der Waals surface area contributed by atoms with Crippen molar-refractivity contribution in [3.05, 3.63) is 63.1 Å². The van der Waals surface area contributed by atoms with E-state index in [4.69, 9.17) is 31.0 Å². The highest BCUT2D eigenvalue weighted by atomic mass is 35.5. The molecule has 0 saturated heterocycles. The van der Waals surface area contributed by atoms with Crippen molar-refractivity contribution in [2.75, 3.05) is 32.6 Å². The van der Waals surface area contributed by atoms with Crippen molar-refractivity contribution in [1.82, 2.24) is 24.6 Å². The molecular formula is C26H31ClN6O3. The van der Waals surface area contributed by atoms with Gasteiger partial charge in [-0.2, -0.15) is 15.1 Å². The standard InChI is InChI=1S/C26H31ClN6O3/c1-5-17-18(8-6-9-20(17)27)23-13-21-19(15-36-23)24(29-26(28-21)35-4)32-10-7-11-33-16(14-32)12-22(30-33)25(34)31(2)3/h6,8-9,12,23H,5,7,10-11,13-15H2,1-4H3. The minimum atomic E-state index is -0.135. The first-order valence-corrected chi connectivity index (χ1v) is 12.6. The molecule has 10 heteroatoms. The maximum atomic E-state index is 12.5. The van der Waals surface area contributed by atoms with Crippen LogP contribution in [0.3, 0.4) is 0 Å². The third-order valence-electron chi connectivity index (χ3n) is 6.84. The monoisotopic (exact) mass is 510 g/mol. The van der Waals surface area contributed by atoms with Crippen LogP contribution in [0.15, 0.2) is 24.3 Å². The maximum absolute atomic E-state index is 12.5. The minimum Gasteiger partial charge on any atom is -0.467 e. The summed E-state index contributed by atoms with van der Waals surface area (Å²) in [7, 11) is 5.06. The second-order valence-electron chi connectivity index (χ2n) is 9.34. The summed E-state index contributed by atoms with van der Waals surface area (Å²) in [5.74, 6) is 0.711. The van der Waals surface area contributed by atoms with Gasteiger partial charge in [0, 0.05) is 44.2 Å². The Labute approximate surface area is 216 Å². The molecule has 5 rings (SSSR count). The first-order valence-electron chi connectivity index (χ1n) is 12.3. The molecule has 1 amide bonds. The van der Waals surface area contributed by atoms with Gasteiger partial charge < -0.3 is 19.3 Å². The van der Waals surface area contributed by atoms with E-state index in [9.17, 15) is 4.79 Å². The minimum absolute atomic E-state index is 0.102. The van der Waals surface area contributed by atoms with E-state index >= 15 is 0 Å². The molecule has 3 aromatic rings. The van der Waals surface area contributed by atoms with Crippen LogP contribution >= 0.6 is 11.6 Å². The van der Waals surface area contributed by atoms with Crippen molar-refractivity contribution in [1.29, 1.82) is 0 Å². The van der Waals surface area contributed by atoms with Gasteiger partial charge in [-0.05, 0) is 36.1 Å². The molecule has 2 aliphatic rings. The highest BCUT2D eigenvalue weighted by molar-refractivity contribution is 6.31. The Morgan fingerprint density at radius 3 is 2.86 bits per heavy atom. The van der Waals surface area contributed by atoms with E-state index in [2.05, 4.69) is 23.0 Å². The molecule has 36 heavy (non-hydrogen) atoms. The quantitative estimate of drug-likeness (QED) is 0.515. The van der Waals surface area contributed by atoms with Crippen LogP contribution in [0.25, 0.3) is 0 Å². The van der Waals surface area contributed by atoms with Gasteiger partial charge >= 0.3 is 6.01 Å². The second-order valence-corrected chi connectivity index (χ2v) is 9.75. The highest BCUT2D eigenvalue weighted by Gasteiger charge is 2.30. The maximum Gasteiger partial charge on any atom is 0.318 e. The molecule has 0 fully saturated rings. The SMILES string of the molecule is CCc1c(Cl)cccc1C1Cc2nc(OC)nc(N3CCCn4nc(C(=O)N(C)C)cc4C3)c2CO1. The van der Waals surface area contributed by atoms with Crippen LogP contribution < -0.4 is 9.64 Å². The summed E-state index contributed by atoms with van der Waals surface area (Å²) < 4.78 is 13.8. The number of hydrogen-bond donors (Lipinski definition) is 0. The number of carbonyl (C=O) groups is 1. The van der Waals surface area contributed by atoms with Gasteiger partial charge in [0.05, 0.1) is 37.8 Å². The van der Waals surface area contributed by atoms with Crippen LogP contribution in [0.5, 0.6) is 6.01 Å². The van der Waals surface area contributed by atoms with Crippen molar-refractivity contribution < 1.29 is 14.3 Å². The van der Waals surface area contributed by atoms with Gasteiger partial charge in [-0.25, -0.2) is 0 Å². The zero-order valence-electron chi connectivity index (χ0n) is 21.1. The van der Waals surface area contributed by atoms with Crippen molar-refractivity contribution in [3.8, 4) is 6.01 Å². The zero-order chi connectivity index (χ0) is 25.4. The van der Waals surface area contributed by atoms with Crippen LogP contribution in [-0.2, 0) is 37.3 Å². The fraction of sp³-hybridized carbons (Fsp3) is 0.462. The predicted molar refractivity (Wildman–Crippen MR) is 137 cm³/mol. The molecule has 190 valence electrons. The van der Waals surface area contributed by atoms with E-state index in [0.29, 0.717) is 31.3 Å². The third-order valence-corrected chi connectivity index (χ3v) is 7.19. The largest absolute Gasteiger partial charge is 0.467 e. The number of aromatic nitrogens is 4. The van der Waals surface area contributed by atoms with Crippen molar-refractivity contribution in [3.63, 3.8) is 0 Å². The van der Waals surface area contributed by atoms with Gasteiger partial charge in [-0.3, -0.25) is 9.48 Å². The summed E-state index contributed by atoms with van der Waals surface area (Å²) in [4.78, 5) is 25.7. The van der Waals surface area contributed by atoms with E-state index in [1.165, 1.54) is 0 Å². The smallest absolute Gasteiger partial charge is 0.318 e. The molecule has 0 bridgehead atoms. The first-order chi connectivity index (χ1) is 17.4. The van der Waals surface area contributed by atoms with Crippen LogP contribution in [0.2, 0.25) is 5.02 Å². The van der Waals surface area contributed by atoms with Crippen LogP contribution in [-0.4, -0.2) is 58.3 Å². The number of ether oxygens (including phenoxy) is 2. The van der Waals surface area contributed by atoms with Gasteiger partial charge in [0.2, 0.25) is 0 Å². The van der Waals surface area contributed by atoms with E-state index in [-0.39, 0.29) is 12.0 Å². The van der Waals surface area contributed by atoms with Gasteiger partial charge in [0.1, 0.15) is 5.82 Å². The molecule has 1 atom stereocenters. The van der Waals surface area contributed by atoms with Crippen molar-refractivity contribution in [2.24, 2.45) is 0 Å². The second kappa shape index (κ2) is 10.1. The lowest BCUT2D eigenvalue weighted by molar-refractivity contribution is 0.0252. The lowest BCUT2D eigenvalue weighted by Gasteiger charge is -2.31. The van der Waals surface area contributed by atoms with Crippen LogP contribution in [0.4, 0.5) is 5.82 Å². The predicted octanol–water partition coefficient (Wildman–Crippen LogP) is 3.82. The Hall–Kier alpha value is -3.17. The van der Waals surface area contributed by atoms with Gasteiger partial charge in [-0.1, -0.05) is 30.7 Å². The zero-order valence-corrected chi connectivity index (χ0v) is 21.9. The van der Waals surface area contributed by atoms with Gasteiger partial charge in [-0.15, -0.1) is 0 Å². The van der Waals surface area contributed by atoms with E-state index in [0.717, 1.165) is 64.8 Å². The Bertz CT molecular complexity index is 1290. The number of methoxy groups -OCH3 is 1. The summed E-state index contributed by atoms with van der Waals surface area (Å²) in [6, 6.07) is 8.20. The molecule has 9 nitrogen and oxygen atoms in total. The van der Waals surface area contributed by atoms with Gasteiger partial charge in [0.25, 0.3) is 5.91 Å². The molecule has 0 aliphatic carbocycles. The average molecular weight is 511 g/mol. The lowest BCUT2D eigenvalue weighted by Crippen LogP contribution is -2.28. The van der Waals surface area contributed by atoms with Crippen molar-refractivity contribution >= 4 is 23.3 Å². The number of anilines is 1. The molecular weight excluding hydrogens is 480 g/mol. The molecule has 2 aromatic heterocycles. The van der Waals surface area contributed by atoms with Crippen LogP contribution in [0.1, 0.15) is 58.0 Å². The fourth-order valence-electron chi connectivity index (χ4n) is 5.01. The fourth-order valence-corrected chi connectivity index (χ4v) is 5.32. The number of nitrogens with zero attached hydrogens (tertiary/aromatic N) is 6. The van der Waals surface area contributed by atoms with Crippen LogP contribution in [0, 0.1) is 0 Å². The topological polar surface area (TPSA) is 85.6 Å². The molecule has 0 N–H and O–H groups in total. The number of halogens is 1. The van der Waals surface area contributed by atoms with E-state index in [1.807, 2.05) is 22.9 Å². The highest BCUT2D eigenvalue weighted by Crippen LogP contribution is 2.38. The average Bonchev–Trinajstić information content (AvgIpc) is 3.18. The Morgan fingerprint density at radius 2 is 2.11 bits per heavy atom. The molecule has 0 radical (unpaired) electrons. The summed E-state index contributed by atoms with van der Waals surface area (Å²) in [5, 5.41) is 5.32. The molecule has 2 aliphatic heterocycles. The number of fused-ring (bicyclic) bond motifs is 2. The third kappa shape index (κ3) is 4.53. The number of rotatable bonds is 5. The summed E-state index contributed by atoms with van der Waals surface area (Å²) in [6.45, 7) is 4.62. The van der Waals surface area contributed by atoms with E-state index in [1.54, 1.807) is 26.1 Å². The Balaban J connectivity index is 1.48. The summed E-state index contributed by atoms with van der Waals surface area (Å²) >= 11 is 6.48. The molecule has 4 heterocycles. The number of hydrogen-bond acceptors (Lipinski definition) is 7. The summed E-state index contributed by atoms with van der Waals surface area (Å²) in [6.07, 6.45) is 2.18. The van der Waals surface area contributed by atoms with Crippen molar-refractivity contribution in [2.45, 2.75) is 52.0 Å². The normalized spacial score (nSPS) is 17.2. The molecule has 1 aromatic carbocycles. The number of aryl methyl sites for hydroxylation is 1. The Morgan fingerprint density at radius 1 is 1.28 bits per heavy atom. The number of carbonyl (C=O) groups excluding carboxylic acids is 1. The summed E-state index contributed by atoms with van der Waals surface area (Å²) in [5.41, 5.74) is 5.55. The van der Waals surface area contributed by atoms with E-state index < -0.39 is 0 Å². The lowest BCUT2D eigenvalue weighted by atomic mass is 9.94. The Kier molecular flexibility index (Phi) is 6.85. The molecule has 0 spiro atoms.